The maximum atomic E-state index is 12.5. The van der Waals surface area contributed by atoms with Gasteiger partial charge in [-0.3, -0.25) is 23.4 Å². The molecular weight excluding hydrogens is 453 g/mol. The first-order valence-electron chi connectivity index (χ1n) is 11.6. The molecule has 2 unspecified atom stereocenters. The van der Waals surface area contributed by atoms with Crippen molar-refractivity contribution in [2.45, 2.75) is 84.8 Å². The van der Waals surface area contributed by atoms with Crippen LogP contribution in [0, 0.1) is 5.92 Å². The van der Waals surface area contributed by atoms with Gasteiger partial charge in [-0.2, -0.15) is 0 Å². The number of phosphoric ester groups is 1. The van der Waals surface area contributed by atoms with E-state index in [1.54, 1.807) is 20.8 Å². The largest absolute Gasteiger partial charge is 0.472 e. The SMILES string of the molecule is CCC(=O)N[C@@H](CCCCNC(C)=O)C(=O)NCCCCC(CO)COP(=O)(O)OC(C)C. The molecule has 0 aromatic rings. The Morgan fingerprint density at radius 1 is 1.00 bits per heavy atom. The highest BCUT2D eigenvalue weighted by atomic mass is 31.2. The van der Waals surface area contributed by atoms with Crippen molar-refractivity contribution in [1.82, 2.24) is 16.0 Å². The molecule has 0 aliphatic heterocycles. The maximum Gasteiger partial charge on any atom is 0.472 e. The van der Waals surface area contributed by atoms with Crippen molar-refractivity contribution in [1.29, 1.82) is 0 Å². The van der Waals surface area contributed by atoms with Gasteiger partial charge in [0.25, 0.3) is 0 Å². The quantitative estimate of drug-likeness (QED) is 0.133. The fraction of sp³-hybridized carbons (Fsp3) is 0.857. The van der Waals surface area contributed by atoms with E-state index >= 15 is 0 Å². The van der Waals surface area contributed by atoms with Crippen LogP contribution < -0.4 is 16.0 Å². The first-order chi connectivity index (χ1) is 15.5. The van der Waals surface area contributed by atoms with E-state index in [0.717, 1.165) is 0 Å². The smallest absolute Gasteiger partial charge is 0.396 e. The summed E-state index contributed by atoms with van der Waals surface area (Å²) in [6, 6.07) is -0.631. The van der Waals surface area contributed by atoms with Crippen molar-refractivity contribution in [3.8, 4) is 0 Å². The third-order valence-electron chi connectivity index (χ3n) is 4.68. The molecule has 194 valence electrons. The fourth-order valence-corrected chi connectivity index (χ4v) is 3.91. The molecule has 3 atom stereocenters. The summed E-state index contributed by atoms with van der Waals surface area (Å²) >= 11 is 0. The van der Waals surface area contributed by atoms with E-state index in [0.29, 0.717) is 51.6 Å². The molecule has 0 saturated heterocycles. The monoisotopic (exact) mass is 495 g/mol. The zero-order valence-corrected chi connectivity index (χ0v) is 21.2. The third kappa shape index (κ3) is 17.6. The number of nitrogens with one attached hydrogen (secondary N) is 3. The first-order valence-corrected chi connectivity index (χ1v) is 13.1. The highest BCUT2D eigenvalue weighted by Crippen LogP contribution is 2.44. The van der Waals surface area contributed by atoms with Crippen LogP contribution in [0.15, 0.2) is 0 Å². The minimum absolute atomic E-state index is 0.104. The van der Waals surface area contributed by atoms with Crippen molar-refractivity contribution in [2.75, 3.05) is 26.3 Å². The number of aliphatic hydroxyl groups excluding tert-OH is 1. The molecule has 0 fully saturated rings. The van der Waals surface area contributed by atoms with Gasteiger partial charge < -0.3 is 26.0 Å². The third-order valence-corrected chi connectivity index (χ3v) is 5.84. The van der Waals surface area contributed by atoms with E-state index in [1.165, 1.54) is 6.92 Å². The summed E-state index contributed by atoms with van der Waals surface area (Å²) in [4.78, 5) is 44.7. The van der Waals surface area contributed by atoms with Crippen LogP contribution in [0.25, 0.3) is 0 Å². The van der Waals surface area contributed by atoms with E-state index in [1.807, 2.05) is 0 Å². The number of aliphatic hydroxyl groups is 1. The van der Waals surface area contributed by atoms with E-state index in [-0.39, 0.29) is 43.3 Å². The van der Waals surface area contributed by atoms with Crippen molar-refractivity contribution in [2.24, 2.45) is 5.92 Å². The second kappa shape index (κ2) is 17.9. The normalized spacial score (nSPS) is 14.9. The minimum Gasteiger partial charge on any atom is -0.396 e. The molecule has 0 rings (SSSR count). The van der Waals surface area contributed by atoms with Gasteiger partial charge in [0.05, 0.1) is 12.7 Å². The van der Waals surface area contributed by atoms with E-state index in [4.69, 9.17) is 9.05 Å². The predicted molar refractivity (Wildman–Crippen MR) is 124 cm³/mol. The van der Waals surface area contributed by atoms with E-state index < -0.39 is 20.0 Å². The van der Waals surface area contributed by atoms with Crippen LogP contribution in [0.5, 0.6) is 0 Å². The van der Waals surface area contributed by atoms with Gasteiger partial charge >= 0.3 is 7.82 Å². The Kier molecular flexibility index (Phi) is 17.1. The summed E-state index contributed by atoms with van der Waals surface area (Å²) in [6.07, 6.45) is 3.53. The zero-order chi connectivity index (χ0) is 25.3. The summed E-state index contributed by atoms with van der Waals surface area (Å²) in [6.45, 7) is 7.02. The average Bonchev–Trinajstić information content (AvgIpc) is 2.72. The van der Waals surface area contributed by atoms with Gasteiger partial charge in [0, 0.05) is 39.0 Å². The Bertz CT molecular complexity index is 633. The first kappa shape index (κ1) is 31.5. The molecule has 0 aromatic heterocycles. The summed E-state index contributed by atoms with van der Waals surface area (Å²) in [5, 5.41) is 17.7. The Labute approximate surface area is 197 Å². The lowest BCUT2D eigenvalue weighted by atomic mass is 10.0. The molecule has 0 radical (unpaired) electrons. The highest BCUT2D eigenvalue weighted by molar-refractivity contribution is 7.47. The lowest BCUT2D eigenvalue weighted by Gasteiger charge is -2.19. The molecule has 5 N–H and O–H groups in total. The van der Waals surface area contributed by atoms with Crippen LogP contribution in [-0.4, -0.2) is 66.2 Å². The Morgan fingerprint density at radius 2 is 1.61 bits per heavy atom. The predicted octanol–water partition coefficient (Wildman–Crippen LogP) is 1.62. The highest BCUT2D eigenvalue weighted by Gasteiger charge is 2.24. The zero-order valence-electron chi connectivity index (χ0n) is 20.3. The molecular formula is C21H42N3O8P. The van der Waals surface area contributed by atoms with Crippen molar-refractivity contribution >= 4 is 25.5 Å². The number of phosphoric acid groups is 1. The standard InChI is InChI=1S/C21H42N3O8P/c1-5-20(27)24-19(11-7-9-12-22-17(4)26)21(28)23-13-8-6-10-18(14-25)15-31-33(29,30)32-16(2)3/h16,18-19,25H,5-15H2,1-4H3,(H,22,26)(H,23,28)(H,24,27)(H,29,30)/t18?,19-/m0/s1. The van der Waals surface area contributed by atoms with Crippen LogP contribution in [0.1, 0.15) is 72.6 Å². The van der Waals surface area contributed by atoms with Crippen molar-refractivity contribution in [3.63, 3.8) is 0 Å². The van der Waals surface area contributed by atoms with Gasteiger partial charge in [-0.1, -0.05) is 13.3 Å². The molecule has 3 amide bonds. The molecule has 0 bridgehead atoms. The molecule has 11 nitrogen and oxygen atoms in total. The minimum atomic E-state index is -4.14. The molecule has 0 spiro atoms. The fourth-order valence-electron chi connectivity index (χ4n) is 2.92. The van der Waals surface area contributed by atoms with Crippen LogP contribution in [0.2, 0.25) is 0 Å². The second-order valence-electron chi connectivity index (χ2n) is 8.21. The lowest BCUT2D eigenvalue weighted by Crippen LogP contribution is -2.46. The number of carbonyl (C=O) groups excluding carboxylic acids is 3. The topological polar surface area (TPSA) is 163 Å². The molecule has 0 heterocycles. The van der Waals surface area contributed by atoms with Crippen LogP contribution >= 0.6 is 7.82 Å². The number of rotatable bonds is 19. The van der Waals surface area contributed by atoms with Crippen LogP contribution in [0.3, 0.4) is 0 Å². The molecule has 0 aromatic carbocycles. The Hall–Kier alpha value is -1.52. The molecule has 33 heavy (non-hydrogen) atoms. The number of unbranched alkanes of at least 4 members (excludes halogenated alkanes) is 2. The van der Waals surface area contributed by atoms with Gasteiger partial charge in [-0.05, 0) is 46.0 Å². The molecule has 0 aliphatic rings. The van der Waals surface area contributed by atoms with Gasteiger partial charge in [0.2, 0.25) is 17.7 Å². The summed E-state index contributed by atoms with van der Waals surface area (Å²) < 4.78 is 21.5. The van der Waals surface area contributed by atoms with Gasteiger partial charge in [0.1, 0.15) is 6.04 Å². The average molecular weight is 496 g/mol. The Morgan fingerprint density at radius 3 is 2.15 bits per heavy atom. The second-order valence-corrected chi connectivity index (χ2v) is 9.61. The van der Waals surface area contributed by atoms with Gasteiger partial charge in [-0.25, -0.2) is 4.57 Å². The van der Waals surface area contributed by atoms with Crippen LogP contribution in [0.4, 0.5) is 0 Å². The summed E-state index contributed by atoms with van der Waals surface area (Å²) in [5.41, 5.74) is 0. The number of hydrogen-bond donors (Lipinski definition) is 5. The van der Waals surface area contributed by atoms with E-state index in [9.17, 15) is 28.9 Å². The number of carbonyl (C=O) groups is 3. The number of amides is 3. The summed E-state index contributed by atoms with van der Waals surface area (Å²) in [5.74, 6) is -0.888. The van der Waals surface area contributed by atoms with Crippen LogP contribution in [-0.2, 0) is 28.0 Å². The van der Waals surface area contributed by atoms with Crippen molar-refractivity contribution < 1.29 is 38.0 Å². The van der Waals surface area contributed by atoms with Crippen molar-refractivity contribution in [3.05, 3.63) is 0 Å². The summed E-state index contributed by atoms with van der Waals surface area (Å²) in [7, 11) is -4.14. The maximum absolute atomic E-state index is 12.5. The molecule has 12 heteroatoms. The van der Waals surface area contributed by atoms with Gasteiger partial charge in [-0.15, -0.1) is 0 Å². The lowest BCUT2D eigenvalue weighted by molar-refractivity contribution is -0.129. The molecule has 0 aliphatic carbocycles. The van der Waals surface area contributed by atoms with E-state index in [2.05, 4.69) is 16.0 Å². The van der Waals surface area contributed by atoms with Gasteiger partial charge in [0.15, 0.2) is 0 Å². The number of hydrogen-bond acceptors (Lipinski definition) is 7. The molecule has 0 saturated carbocycles. The Balaban J connectivity index is 4.31.